The summed E-state index contributed by atoms with van der Waals surface area (Å²) in [5.74, 6) is -6.48. The van der Waals surface area contributed by atoms with E-state index in [0.29, 0.717) is 6.42 Å². The van der Waals surface area contributed by atoms with Crippen LogP contribution < -0.4 is 0 Å². The van der Waals surface area contributed by atoms with Crippen molar-refractivity contribution in [3.05, 3.63) is 0 Å². The van der Waals surface area contributed by atoms with Gasteiger partial charge in [0.1, 0.15) is 18.1 Å². The molecule has 3 amide bonds. The first kappa shape index (κ1) is 41.8. The summed E-state index contributed by atoms with van der Waals surface area (Å²) in [6.45, 7) is 21.3. The molecule has 0 saturated carbocycles. The molecular formula is C35H61N3O9. The number of carbonyl (C=O) groups is 6. The van der Waals surface area contributed by atoms with Gasteiger partial charge in [-0.1, -0.05) is 89.5 Å². The third kappa shape index (κ3) is 10.4. The van der Waals surface area contributed by atoms with Crippen molar-refractivity contribution in [2.45, 2.75) is 132 Å². The second-order valence-electron chi connectivity index (χ2n) is 14.8. The van der Waals surface area contributed by atoms with E-state index >= 15 is 0 Å². The fraction of sp³-hybridized carbons (Fsp3) is 0.829. The molecule has 7 atom stereocenters. The van der Waals surface area contributed by atoms with Crippen molar-refractivity contribution in [2.75, 3.05) is 21.1 Å². The lowest BCUT2D eigenvalue weighted by atomic mass is 9.95. The van der Waals surface area contributed by atoms with E-state index < -0.39 is 95.7 Å². The molecule has 1 rings (SSSR count). The summed E-state index contributed by atoms with van der Waals surface area (Å²) < 4.78 is 17.6. The topological polar surface area (TPSA) is 140 Å². The second kappa shape index (κ2) is 17.8. The van der Waals surface area contributed by atoms with E-state index in [1.165, 1.54) is 35.8 Å². The molecule has 270 valence electrons. The Kier molecular flexibility index (Phi) is 15.9. The van der Waals surface area contributed by atoms with Gasteiger partial charge in [-0.05, 0) is 41.9 Å². The molecule has 47 heavy (non-hydrogen) atoms. The Balaban J connectivity index is 3.98. The number of likely N-dealkylation sites (N-methyl/N-ethyl adjacent to an activating group) is 3. The lowest BCUT2D eigenvalue weighted by Crippen LogP contribution is -2.57. The monoisotopic (exact) mass is 667 g/mol. The van der Waals surface area contributed by atoms with Gasteiger partial charge in [-0.2, -0.15) is 0 Å². The maximum absolute atomic E-state index is 14.0. The molecule has 1 fully saturated rings. The summed E-state index contributed by atoms with van der Waals surface area (Å²) in [6.07, 6.45) is -3.10. The van der Waals surface area contributed by atoms with E-state index in [1.54, 1.807) is 62.3 Å². The molecule has 3 unspecified atom stereocenters. The Morgan fingerprint density at radius 3 is 1.19 bits per heavy atom. The molecule has 0 aromatic rings. The number of hydrogen-bond donors (Lipinski definition) is 0. The van der Waals surface area contributed by atoms with Crippen molar-refractivity contribution in [3.8, 4) is 0 Å². The molecule has 0 aromatic carbocycles. The third-order valence-electron chi connectivity index (χ3n) is 8.89. The highest BCUT2D eigenvalue weighted by molar-refractivity contribution is 5.94. The van der Waals surface area contributed by atoms with Crippen molar-refractivity contribution in [1.29, 1.82) is 0 Å². The van der Waals surface area contributed by atoms with Crippen molar-refractivity contribution in [3.63, 3.8) is 0 Å². The minimum Gasteiger partial charge on any atom is -0.450 e. The molecule has 1 aliphatic heterocycles. The molecule has 0 aromatic heterocycles. The van der Waals surface area contributed by atoms with Gasteiger partial charge in [0, 0.05) is 21.1 Å². The quantitative estimate of drug-likeness (QED) is 0.278. The minimum absolute atomic E-state index is 0.0416. The Bertz CT molecular complexity index is 1120. The van der Waals surface area contributed by atoms with Crippen molar-refractivity contribution in [1.82, 2.24) is 14.7 Å². The molecule has 0 spiro atoms. The highest BCUT2D eigenvalue weighted by Crippen LogP contribution is 2.26. The van der Waals surface area contributed by atoms with E-state index in [9.17, 15) is 28.8 Å². The van der Waals surface area contributed by atoms with E-state index in [0.717, 1.165) is 0 Å². The van der Waals surface area contributed by atoms with Gasteiger partial charge in [0.2, 0.25) is 0 Å². The van der Waals surface area contributed by atoms with Gasteiger partial charge >= 0.3 is 17.9 Å². The van der Waals surface area contributed by atoms with Crippen molar-refractivity contribution < 1.29 is 43.0 Å². The van der Waals surface area contributed by atoms with Gasteiger partial charge in [-0.25, -0.2) is 14.4 Å². The maximum atomic E-state index is 14.0. The number of hydrogen-bond acceptors (Lipinski definition) is 9. The zero-order valence-electron chi connectivity index (χ0n) is 31.4. The average molecular weight is 668 g/mol. The van der Waals surface area contributed by atoms with Crippen LogP contribution in [0.1, 0.15) is 95.9 Å². The molecule has 1 saturated heterocycles. The molecule has 0 bridgehead atoms. The van der Waals surface area contributed by atoms with E-state index in [4.69, 9.17) is 14.2 Å². The van der Waals surface area contributed by atoms with Gasteiger partial charge in [0.25, 0.3) is 17.7 Å². The van der Waals surface area contributed by atoms with Crippen LogP contribution in [0.3, 0.4) is 0 Å². The second-order valence-corrected chi connectivity index (χ2v) is 14.8. The zero-order valence-corrected chi connectivity index (χ0v) is 31.4. The highest BCUT2D eigenvalue weighted by atomic mass is 16.6. The minimum atomic E-state index is -1.28. The van der Waals surface area contributed by atoms with E-state index in [-0.39, 0.29) is 18.3 Å². The molecule has 0 aliphatic carbocycles. The molecular weight excluding hydrogens is 606 g/mol. The first-order valence-electron chi connectivity index (χ1n) is 17.0. The summed E-state index contributed by atoms with van der Waals surface area (Å²) in [4.78, 5) is 87.2. The fourth-order valence-corrected chi connectivity index (χ4v) is 5.77. The molecule has 1 aliphatic rings. The number of amides is 3. The van der Waals surface area contributed by atoms with Gasteiger partial charge < -0.3 is 28.9 Å². The third-order valence-corrected chi connectivity index (χ3v) is 8.89. The molecule has 12 heteroatoms. The van der Waals surface area contributed by atoms with Crippen LogP contribution in [0.2, 0.25) is 0 Å². The first-order valence-corrected chi connectivity index (χ1v) is 17.0. The summed E-state index contributed by atoms with van der Waals surface area (Å²) in [5, 5.41) is 0. The lowest BCUT2D eigenvalue weighted by molar-refractivity contribution is -0.181. The summed E-state index contributed by atoms with van der Waals surface area (Å²) >= 11 is 0. The molecule has 12 nitrogen and oxygen atoms in total. The summed E-state index contributed by atoms with van der Waals surface area (Å²) in [5.41, 5.74) is 0. The SMILES string of the molecule is CC[C@H](C)[C@H]1C(=O)OC(C(C)C)C(=O)N(C)[C@@H](C(C)C)C(=O)OC(C(C)C)C(=O)N(C)[C@@H](CC(C)C)C(=O)OC(C(C)C)C(=O)N1C. The van der Waals surface area contributed by atoms with Crippen LogP contribution in [0.4, 0.5) is 0 Å². The van der Waals surface area contributed by atoms with Crippen LogP contribution in [-0.4, -0.2) is 108 Å². The maximum Gasteiger partial charge on any atom is 0.329 e. The Morgan fingerprint density at radius 2 is 0.851 bits per heavy atom. The number of nitrogens with zero attached hydrogens (tertiary/aromatic N) is 3. The number of cyclic esters (lactones) is 3. The normalized spacial score (nSPS) is 27.4. The van der Waals surface area contributed by atoms with Gasteiger partial charge in [-0.3, -0.25) is 14.4 Å². The summed E-state index contributed by atoms with van der Waals surface area (Å²) in [6, 6.07) is -3.30. The number of carbonyl (C=O) groups excluding carboxylic acids is 6. The van der Waals surface area contributed by atoms with E-state index in [2.05, 4.69) is 0 Å². The fourth-order valence-electron chi connectivity index (χ4n) is 5.77. The van der Waals surface area contributed by atoms with Crippen LogP contribution in [0.15, 0.2) is 0 Å². The van der Waals surface area contributed by atoms with Crippen molar-refractivity contribution in [2.24, 2.45) is 35.5 Å². The Morgan fingerprint density at radius 1 is 0.511 bits per heavy atom. The van der Waals surface area contributed by atoms with Crippen LogP contribution in [0, 0.1) is 35.5 Å². The van der Waals surface area contributed by atoms with Gasteiger partial charge in [0.15, 0.2) is 18.3 Å². The predicted octanol–water partition coefficient (Wildman–Crippen LogP) is 3.93. The largest absolute Gasteiger partial charge is 0.450 e. The molecule has 0 radical (unpaired) electrons. The predicted molar refractivity (Wildman–Crippen MR) is 178 cm³/mol. The summed E-state index contributed by atoms with van der Waals surface area (Å²) in [7, 11) is 4.35. The zero-order chi connectivity index (χ0) is 36.7. The smallest absolute Gasteiger partial charge is 0.329 e. The van der Waals surface area contributed by atoms with Crippen molar-refractivity contribution >= 4 is 35.6 Å². The lowest BCUT2D eigenvalue weighted by Gasteiger charge is -2.38. The van der Waals surface area contributed by atoms with Gasteiger partial charge in [-0.15, -0.1) is 0 Å². The Labute approximate surface area is 282 Å². The number of esters is 3. The van der Waals surface area contributed by atoms with Crippen LogP contribution in [0.5, 0.6) is 0 Å². The Hall–Kier alpha value is -3.18. The molecule has 1 heterocycles. The van der Waals surface area contributed by atoms with Gasteiger partial charge in [0.05, 0.1) is 0 Å². The first-order chi connectivity index (χ1) is 21.6. The number of ether oxygens (including phenoxy) is 3. The van der Waals surface area contributed by atoms with Crippen LogP contribution >= 0.6 is 0 Å². The average Bonchev–Trinajstić information content (AvgIpc) is 2.97. The standard InChI is InChI=1S/C35H61N3O9/c1-16-23(12)26-35(44)47-29(22(10)11)31(40)37(14)25(19(4)5)34(43)46-27(20(6)7)30(39)36(13)24(17-18(2)3)33(42)45-28(21(8)9)32(41)38(26)15/h18-29H,16-17H2,1-15H3/t23-,24-,25-,26-,27?,28?,29?/m0/s1. The highest BCUT2D eigenvalue weighted by Gasteiger charge is 2.45. The van der Waals surface area contributed by atoms with Crippen LogP contribution in [0.25, 0.3) is 0 Å². The molecule has 0 N–H and O–H groups in total. The number of rotatable bonds is 8. The van der Waals surface area contributed by atoms with E-state index in [1.807, 2.05) is 20.8 Å². The van der Waals surface area contributed by atoms with Crippen LogP contribution in [-0.2, 0) is 43.0 Å².